The molecule has 0 aromatic carbocycles. The Morgan fingerprint density at radius 3 is 1.88 bits per heavy atom. The maximum Gasteiger partial charge on any atom is 0.306 e. The standard InChI is InChI=1S/C36H52O16/c1-16(2)14-45-32-26(46-18(4)37)31-33(9,10)30-25(50-30)17(3)27(43)36(52-22(8)41)15-34(11,51-21(7)40)28(47-19(5)38)24(36)29(48-20(6)39)35(32,44)13-12-23(42)49-31/h16-17,24-26,28-32,44H,12-15H2,1-11H3/t17-,24-,25?,26+,28-,29-,30+,31-,32-,34-,35-,36-/m1/s1. The van der Waals surface area contributed by atoms with E-state index >= 15 is 4.79 Å². The first kappa shape index (κ1) is 41.1. The summed E-state index contributed by atoms with van der Waals surface area (Å²) in [4.78, 5) is 93.5. The summed E-state index contributed by atoms with van der Waals surface area (Å²) in [7, 11) is 0. The van der Waals surface area contributed by atoms with Gasteiger partial charge >= 0.3 is 35.8 Å². The van der Waals surface area contributed by atoms with Crippen molar-refractivity contribution in [3.05, 3.63) is 0 Å². The van der Waals surface area contributed by atoms with Gasteiger partial charge in [0.2, 0.25) is 0 Å². The number of carbonyl (C=O) groups is 7. The molecule has 1 unspecified atom stereocenters. The van der Waals surface area contributed by atoms with Gasteiger partial charge in [0.15, 0.2) is 29.2 Å². The first-order valence-corrected chi connectivity index (χ1v) is 17.5. The number of Topliss-reactive ketones (excluding diaryl/α,β-unsaturated/α-hetero) is 1. The number of hydrogen-bond donors (Lipinski definition) is 1. The summed E-state index contributed by atoms with van der Waals surface area (Å²) in [5, 5.41) is 13.4. The van der Waals surface area contributed by atoms with Gasteiger partial charge in [-0.1, -0.05) is 34.6 Å². The molecule has 2 aliphatic carbocycles. The molecule has 4 fully saturated rings. The molecule has 52 heavy (non-hydrogen) atoms. The van der Waals surface area contributed by atoms with Gasteiger partial charge in [0.1, 0.15) is 23.9 Å². The van der Waals surface area contributed by atoms with Crippen molar-refractivity contribution in [1.29, 1.82) is 0 Å². The van der Waals surface area contributed by atoms with E-state index in [1.54, 1.807) is 13.8 Å². The highest BCUT2D eigenvalue weighted by molar-refractivity contribution is 5.93. The first-order valence-electron chi connectivity index (χ1n) is 17.5. The minimum Gasteiger partial charge on any atom is -0.459 e. The van der Waals surface area contributed by atoms with E-state index in [1.165, 1.54) is 13.8 Å². The lowest BCUT2D eigenvalue weighted by Gasteiger charge is -2.52. The summed E-state index contributed by atoms with van der Waals surface area (Å²) >= 11 is 0. The van der Waals surface area contributed by atoms with Crippen LogP contribution in [0.25, 0.3) is 0 Å². The number of esters is 6. The Morgan fingerprint density at radius 2 is 1.37 bits per heavy atom. The zero-order valence-corrected chi connectivity index (χ0v) is 31.7. The number of aliphatic hydroxyl groups is 1. The minimum atomic E-state index is -2.59. The molecule has 4 aliphatic rings. The van der Waals surface area contributed by atoms with Crippen molar-refractivity contribution in [2.24, 2.45) is 23.2 Å². The fraction of sp³-hybridized carbons (Fsp3) is 0.806. The van der Waals surface area contributed by atoms with Gasteiger partial charge in [0.05, 0.1) is 18.1 Å². The van der Waals surface area contributed by atoms with Crippen molar-refractivity contribution in [2.75, 3.05) is 6.61 Å². The number of fused-ring (bicyclic) bond motifs is 5. The van der Waals surface area contributed by atoms with Crippen molar-refractivity contribution in [3.8, 4) is 0 Å². The van der Waals surface area contributed by atoms with Crippen LogP contribution in [0.3, 0.4) is 0 Å². The normalized spacial score (nSPS) is 39.6. The molecule has 2 heterocycles. The second-order valence-corrected chi connectivity index (χ2v) is 15.8. The van der Waals surface area contributed by atoms with Gasteiger partial charge in [-0.2, -0.15) is 0 Å². The lowest BCUT2D eigenvalue weighted by Crippen LogP contribution is -2.70. The van der Waals surface area contributed by atoms with Crippen LogP contribution in [-0.2, 0) is 71.5 Å². The van der Waals surface area contributed by atoms with E-state index in [1.807, 2.05) is 13.8 Å². The third-order valence-corrected chi connectivity index (χ3v) is 10.5. The molecule has 0 amide bonds. The molecule has 4 rings (SSSR count). The quantitative estimate of drug-likeness (QED) is 0.214. The summed E-state index contributed by atoms with van der Waals surface area (Å²) in [6.45, 7) is 15.2. The fourth-order valence-corrected chi connectivity index (χ4v) is 8.58. The van der Waals surface area contributed by atoms with E-state index in [9.17, 15) is 33.9 Å². The maximum atomic E-state index is 15.2. The molecule has 0 aromatic heterocycles. The van der Waals surface area contributed by atoms with E-state index in [4.69, 9.17) is 37.9 Å². The van der Waals surface area contributed by atoms with Crippen LogP contribution in [0.5, 0.6) is 0 Å². The lowest BCUT2D eigenvalue weighted by atomic mass is 9.65. The van der Waals surface area contributed by atoms with E-state index in [-0.39, 0.29) is 12.5 Å². The number of rotatable bonds is 8. The van der Waals surface area contributed by atoms with Crippen molar-refractivity contribution >= 4 is 41.6 Å². The van der Waals surface area contributed by atoms with Crippen molar-refractivity contribution < 1.29 is 76.6 Å². The van der Waals surface area contributed by atoms with Gasteiger partial charge in [-0.3, -0.25) is 33.6 Å². The Morgan fingerprint density at radius 1 is 0.808 bits per heavy atom. The summed E-state index contributed by atoms with van der Waals surface area (Å²) in [5.41, 5.74) is -8.17. The van der Waals surface area contributed by atoms with Gasteiger partial charge in [-0.05, 0) is 19.3 Å². The lowest BCUT2D eigenvalue weighted by molar-refractivity contribution is -0.268. The average Bonchev–Trinajstić information content (AvgIpc) is 3.76. The monoisotopic (exact) mass is 740 g/mol. The molecule has 0 spiro atoms. The summed E-state index contributed by atoms with van der Waals surface area (Å²) < 4.78 is 48.1. The Bertz CT molecular complexity index is 1470. The van der Waals surface area contributed by atoms with Crippen LogP contribution in [0.15, 0.2) is 0 Å². The Hall–Kier alpha value is -3.63. The predicted octanol–water partition coefficient (Wildman–Crippen LogP) is 1.92. The third kappa shape index (κ3) is 7.70. The number of carbonyl (C=O) groups excluding carboxylic acids is 7. The molecule has 2 aliphatic heterocycles. The zero-order valence-electron chi connectivity index (χ0n) is 31.7. The third-order valence-electron chi connectivity index (χ3n) is 10.5. The number of ketones is 1. The van der Waals surface area contributed by atoms with E-state index in [0.717, 1.165) is 34.6 Å². The molecule has 16 nitrogen and oxygen atoms in total. The van der Waals surface area contributed by atoms with Crippen LogP contribution < -0.4 is 0 Å². The van der Waals surface area contributed by atoms with Gasteiger partial charge in [-0.25, -0.2) is 0 Å². The Balaban J connectivity index is 2.21. The second-order valence-electron chi connectivity index (χ2n) is 15.8. The van der Waals surface area contributed by atoms with Crippen molar-refractivity contribution in [2.45, 2.75) is 155 Å². The molecule has 12 atom stereocenters. The Kier molecular flexibility index (Phi) is 11.6. The molecular formula is C36H52O16. The van der Waals surface area contributed by atoms with Gasteiger partial charge in [0, 0.05) is 65.4 Å². The largest absolute Gasteiger partial charge is 0.459 e. The topological polar surface area (TPSA) is 217 Å². The van der Waals surface area contributed by atoms with Gasteiger partial charge in [0.25, 0.3) is 0 Å². The van der Waals surface area contributed by atoms with Crippen LogP contribution in [-0.4, -0.2) is 113 Å². The van der Waals surface area contributed by atoms with Crippen LogP contribution in [0, 0.1) is 23.2 Å². The fourth-order valence-electron chi connectivity index (χ4n) is 8.58. The molecule has 292 valence electrons. The molecule has 16 heteroatoms. The molecule has 2 saturated heterocycles. The van der Waals surface area contributed by atoms with E-state index < -0.39 is 138 Å². The number of hydrogen-bond acceptors (Lipinski definition) is 16. The number of epoxide rings is 1. The molecule has 2 bridgehead atoms. The van der Waals surface area contributed by atoms with Crippen LogP contribution in [0.2, 0.25) is 0 Å². The highest BCUT2D eigenvalue weighted by atomic mass is 16.6. The first-order chi connectivity index (χ1) is 23.9. The molecule has 0 radical (unpaired) electrons. The highest BCUT2D eigenvalue weighted by Crippen LogP contribution is 2.58. The van der Waals surface area contributed by atoms with Crippen molar-refractivity contribution in [3.63, 3.8) is 0 Å². The molecule has 2 saturated carbocycles. The SMILES string of the molecule is CC(=O)O[C@H]1[C@H]2OC(=O)CC[C@](O)([C@@H]1OCC(C)C)[C@H](OC(C)=O)[C@H]1[C@@H](OC(C)=O)[C@](C)(OC(C)=O)C[C@]1(OC(C)=O)C(=O)[C@H](C)C1O[C@@H]1C2(C)C. The Labute approximate surface area is 302 Å². The minimum absolute atomic E-state index is 0.0601. The summed E-state index contributed by atoms with van der Waals surface area (Å²) in [6.07, 6.45) is -11.7. The molecule has 1 N–H and O–H groups in total. The van der Waals surface area contributed by atoms with Gasteiger partial charge < -0.3 is 43.0 Å². The highest BCUT2D eigenvalue weighted by Gasteiger charge is 2.76. The van der Waals surface area contributed by atoms with Gasteiger partial charge in [-0.15, -0.1) is 0 Å². The summed E-state index contributed by atoms with van der Waals surface area (Å²) in [5.74, 6) is -9.23. The smallest absolute Gasteiger partial charge is 0.306 e. The van der Waals surface area contributed by atoms with Crippen LogP contribution in [0.1, 0.15) is 95.4 Å². The van der Waals surface area contributed by atoms with Crippen LogP contribution in [0.4, 0.5) is 0 Å². The second kappa shape index (κ2) is 14.7. The molecular weight excluding hydrogens is 688 g/mol. The van der Waals surface area contributed by atoms with Crippen molar-refractivity contribution in [1.82, 2.24) is 0 Å². The predicted molar refractivity (Wildman–Crippen MR) is 175 cm³/mol. The van der Waals surface area contributed by atoms with E-state index in [2.05, 4.69) is 0 Å². The summed E-state index contributed by atoms with van der Waals surface area (Å²) in [6, 6.07) is 0. The number of ether oxygens (including phenoxy) is 8. The van der Waals surface area contributed by atoms with E-state index in [0.29, 0.717) is 0 Å². The zero-order chi connectivity index (χ0) is 39.3. The maximum absolute atomic E-state index is 15.2. The molecule has 0 aromatic rings. The van der Waals surface area contributed by atoms with Crippen LogP contribution >= 0.6 is 0 Å². The average molecular weight is 741 g/mol.